The van der Waals surface area contributed by atoms with Crippen LogP contribution in [0.5, 0.6) is 0 Å². The van der Waals surface area contributed by atoms with Crippen molar-refractivity contribution in [1.29, 1.82) is 0 Å². The molecule has 1 rings (SSSR count). The first-order valence-electron chi connectivity index (χ1n) is 3.24. The van der Waals surface area contributed by atoms with Crippen LogP contribution in [0, 0.1) is 23.7 Å². The van der Waals surface area contributed by atoms with Crippen LogP contribution in [-0.4, -0.2) is 0 Å². The van der Waals surface area contributed by atoms with Gasteiger partial charge in [-0.05, 0) is 23.7 Å². The molecule has 0 atom stereocenters. The van der Waals surface area contributed by atoms with E-state index in [0.717, 1.165) is 0 Å². The van der Waals surface area contributed by atoms with Crippen molar-refractivity contribution in [2.75, 3.05) is 0 Å². The second kappa shape index (κ2) is 1.12. The molecule has 0 aromatic carbocycles. The van der Waals surface area contributed by atoms with E-state index in [9.17, 15) is 0 Å². The van der Waals surface area contributed by atoms with Crippen LogP contribution in [0.15, 0.2) is 0 Å². The standard InChI is InChI=1S/C8H15/c1-6-7(2,3)8(6,4)5/h6H,1H2,2-5H3. The van der Waals surface area contributed by atoms with Gasteiger partial charge in [-0.25, -0.2) is 0 Å². The van der Waals surface area contributed by atoms with Crippen LogP contribution in [0.1, 0.15) is 27.7 Å². The molecule has 0 amide bonds. The van der Waals surface area contributed by atoms with Crippen molar-refractivity contribution in [3.05, 3.63) is 6.92 Å². The molecule has 47 valence electrons. The highest BCUT2D eigenvalue weighted by molar-refractivity contribution is 5.13. The van der Waals surface area contributed by atoms with Gasteiger partial charge in [-0.3, -0.25) is 0 Å². The lowest BCUT2D eigenvalue weighted by Gasteiger charge is -2.04. The van der Waals surface area contributed by atoms with Crippen molar-refractivity contribution in [3.63, 3.8) is 0 Å². The van der Waals surface area contributed by atoms with Crippen LogP contribution < -0.4 is 0 Å². The molecule has 8 heavy (non-hydrogen) atoms. The van der Waals surface area contributed by atoms with Gasteiger partial charge in [0.1, 0.15) is 0 Å². The van der Waals surface area contributed by atoms with Crippen LogP contribution in [-0.2, 0) is 0 Å². The Morgan fingerprint density at radius 2 is 1.12 bits per heavy atom. The molecule has 0 spiro atoms. The fourth-order valence-electron chi connectivity index (χ4n) is 1.33. The Kier molecular flexibility index (Phi) is 0.858. The van der Waals surface area contributed by atoms with Crippen molar-refractivity contribution in [2.45, 2.75) is 27.7 Å². The van der Waals surface area contributed by atoms with E-state index in [-0.39, 0.29) is 0 Å². The van der Waals surface area contributed by atoms with E-state index in [4.69, 9.17) is 0 Å². The largest absolute Gasteiger partial charge is 0.0591 e. The maximum absolute atomic E-state index is 4.06. The summed E-state index contributed by atoms with van der Waals surface area (Å²) in [6.45, 7) is 13.2. The average Bonchev–Trinajstić information content (AvgIpc) is 1.88. The first-order chi connectivity index (χ1) is 3.40. The fourth-order valence-corrected chi connectivity index (χ4v) is 1.33. The molecular formula is C8H15. The van der Waals surface area contributed by atoms with Gasteiger partial charge in [0, 0.05) is 0 Å². The molecule has 1 aliphatic carbocycles. The Hall–Kier alpha value is 0. The second-order valence-electron chi connectivity index (χ2n) is 4.00. The molecule has 0 aromatic rings. The minimum atomic E-state index is 0.493. The fraction of sp³-hybridized carbons (Fsp3) is 0.875. The van der Waals surface area contributed by atoms with Gasteiger partial charge in [0.05, 0.1) is 0 Å². The molecule has 0 heterocycles. The molecule has 0 bridgehead atoms. The summed E-state index contributed by atoms with van der Waals surface area (Å²) >= 11 is 0. The normalized spacial score (nSPS) is 32.6. The summed E-state index contributed by atoms with van der Waals surface area (Å²) in [6.07, 6.45) is 0. The Bertz CT molecular complexity index is 95.2. The molecule has 0 heteroatoms. The van der Waals surface area contributed by atoms with Crippen molar-refractivity contribution < 1.29 is 0 Å². The summed E-state index contributed by atoms with van der Waals surface area (Å²) < 4.78 is 0. The predicted octanol–water partition coefficient (Wildman–Crippen LogP) is 2.50. The highest BCUT2D eigenvalue weighted by atomic mass is 14.7. The van der Waals surface area contributed by atoms with Gasteiger partial charge in [0.2, 0.25) is 0 Å². The van der Waals surface area contributed by atoms with E-state index in [1.165, 1.54) is 0 Å². The maximum atomic E-state index is 4.06. The monoisotopic (exact) mass is 111 g/mol. The Labute approximate surface area is 52.3 Å². The summed E-state index contributed by atoms with van der Waals surface area (Å²) in [5, 5.41) is 0. The summed E-state index contributed by atoms with van der Waals surface area (Å²) in [5.74, 6) is 0.662. The van der Waals surface area contributed by atoms with Crippen LogP contribution in [0.2, 0.25) is 0 Å². The maximum Gasteiger partial charge on any atom is -0.0266 e. The van der Waals surface area contributed by atoms with Crippen LogP contribution in [0.4, 0.5) is 0 Å². The second-order valence-corrected chi connectivity index (χ2v) is 4.00. The minimum absolute atomic E-state index is 0.493. The highest BCUT2D eigenvalue weighted by Crippen LogP contribution is 2.67. The Morgan fingerprint density at radius 3 is 1.12 bits per heavy atom. The Morgan fingerprint density at radius 1 is 1.00 bits per heavy atom. The number of hydrogen-bond donors (Lipinski definition) is 0. The van der Waals surface area contributed by atoms with Crippen LogP contribution >= 0.6 is 0 Å². The van der Waals surface area contributed by atoms with Crippen molar-refractivity contribution in [2.24, 2.45) is 16.7 Å². The van der Waals surface area contributed by atoms with Gasteiger partial charge in [-0.2, -0.15) is 0 Å². The molecule has 1 fully saturated rings. The molecular weight excluding hydrogens is 96.1 g/mol. The smallest absolute Gasteiger partial charge is 0.0266 e. The Balaban J connectivity index is 2.72. The van der Waals surface area contributed by atoms with Crippen LogP contribution in [0.25, 0.3) is 0 Å². The first kappa shape index (κ1) is 6.12. The molecule has 0 saturated heterocycles. The topological polar surface area (TPSA) is 0 Å². The molecule has 0 nitrogen and oxygen atoms in total. The lowest BCUT2D eigenvalue weighted by Crippen LogP contribution is -1.95. The van der Waals surface area contributed by atoms with Gasteiger partial charge in [-0.15, -0.1) is 0 Å². The predicted molar refractivity (Wildman–Crippen MR) is 36.4 cm³/mol. The molecule has 1 radical (unpaired) electrons. The molecule has 0 aromatic heterocycles. The lowest BCUT2D eigenvalue weighted by atomic mass is 10.0. The zero-order valence-electron chi connectivity index (χ0n) is 6.28. The van der Waals surface area contributed by atoms with Gasteiger partial charge in [-0.1, -0.05) is 27.7 Å². The van der Waals surface area contributed by atoms with Gasteiger partial charge in [0.25, 0.3) is 0 Å². The summed E-state index contributed by atoms with van der Waals surface area (Å²) in [4.78, 5) is 0. The van der Waals surface area contributed by atoms with E-state index >= 15 is 0 Å². The zero-order chi connectivity index (χ0) is 6.58. The molecule has 1 saturated carbocycles. The molecule has 1 aliphatic rings. The van der Waals surface area contributed by atoms with Gasteiger partial charge in [0.15, 0.2) is 0 Å². The highest BCUT2D eigenvalue weighted by Gasteiger charge is 2.61. The SMILES string of the molecule is [CH2]C1C(C)(C)C1(C)C. The first-order valence-corrected chi connectivity index (χ1v) is 3.24. The van der Waals surface area contributed by atoms with E-state index in [1.54, 1.807) is 0 Å². The van der Waals surface area contributed by atoms with E-state index in [0.29, 0.717) is 16.7 Å². The third-order valence-corrected chi connectivity index (χ3v) is 3.32. The summed E-state index contributed by atoms with van der Waals surface area (Å²) in [5.41, 5.74) is 0.986. The van der Waals surface area contributed by atoms with Crippen molar-refractivity contribution in [3.8, 4) is 0 Å². The third kappa shape index (κ3) is 0.416. The number of rotatable bonds is 0. The molecule has 0 aliphatic heterocycles. The van der Waals surface area contributed by atoms with Crippen molar-refractivity contribution in [1.82, 2.24) is 0 Å². The third-order valence-electron chi connectivity index (χ3n) is 3.32. The minimum Gasteiger partial charge on any atom is -0.0591 e. The average molecular weight is 111 g/mol. The van der Waals surface area contributed by atoms with E-state index < -0.39 is 0 Å². The number of hydrogen-bond acceptors (Lipinski definition) is 0. The molecule has 0 N–H and O–H groups in total. The van der Waals surface area contributed by atoms with Gasteiger partial charge >= 0.3 is 0 Å². The molecule has 0 unspecified atom stereocenters. The van der Waals surface area contributed by atoms with Gasteiger partial charge < -0.3 is 0 Å². The summed E-state index contributed by atoms with van der Waals surface area (Å²) in [6, 6.07) is 0. The lowest BCUT2D eigenvalue weighted by molar-refractivity contribution is 0.457. The van der Waals surface area contributed by atoms with Crippen LogP contribution in [0.3, 0.4) is 0 Å². The van der Waals surface area contributed by atoms with E-state index in [2.05, 4.69) is 34.6 Å². The van der Waals surface area contributed by atoms with Crippen molar-refractivity contribution >= 4 is 0 Å². The summed E-state index contributed by atoms with van der Waals surface area (Å²) in [7, 11) is 0. The van der Waals surface area contributed by atoms with E-state index in [1.807, 2.05) is 0 Å². The zero-order valence-corrected chi connectivity index (χ0v) is 6.28. The quantitative estimate of drug-likeness (QED) is 0.450.